The Morgan fingerprint density at radius 1 is 1.04 bits per heavy atom. The van der Waals surface area contributed by atoms with Gasteiger partial charge in [0.25, 0.3) is 17.7 Å². The van der Waals surface area contributed by atoms with Crippen molar-refractivity contribution in [1.29, 1.82) is 0 Å². The Morgan fingerprint density at radius 2 is 1.68 bits per heavy atom. The molecule has 50 heavy (non-hydrogen) atoms. The topological polar surface area (TPSA) is 187 Å². The number of methoxy groups -OCH3 is 1. The number of benzene rings is 3. The van der Waals surface area contributed by atoms with Gasteiger partial charge in [-0.1, -0.05) is 46.6 Å². The number of oxime groups is 1. The minimum atomic E-state index is -1.33. The van der Waals surface area contributed by atoms with Crippen molar-refractivity contribution in [3.05, 3.63) is 86.9 Å². The third-order valence-electron chi connectivity index (χ3n) is 7.65. The number of anilines is 2. The van der Waals surface area contributed by atoms with Gasteiger partial charge < -0.3 is 35.3 Å². The first-order chi connectivity index (χ1) is 23.8. The minimum absolute atomic E-state index is 0.0267. The van der Waals surface area contributed by atoms with E-state index >= 15 is 0 Å². The molecule has 0 radical (unpaired) electrons. The van der Waals surface area contributed by atoms with Crippen LogP contribution in [0.15, 0.2) is 59.8 Å². The summed E-state index contributed by atoms with van der Waals surface area (Å²) in [5.74, 6) is -3.87. The number of para-hydroxylation sites is 2. The summed E-state index contributed by atoms with van der Waals surface area (Å²) in [6.45, 7) is 1.88. The number of nitrogens with one attached hydrogen (secondary N) is 2. The van der Waals surface area contributed by atoms with Crippen molar-refractivity contribution in [2.24, 2.45) is 5.16 Å². The van der Waals surface area contributed by atoms with Gasteiger partial charge in [0.2, 0.25) is 5.91 Å². The first-order valence-corrected chi connectivity index (χ1v) is 16.0. The van der Waals surface area contributed by atoms with Gasteiger partial charge in [0.05, 0.1) is 36.6 Å². The molecule has 0 fully saturated rings. The Labute approximate surface area is 297 Å². The Balaban J connectivity index is 1.59. The Bertz CT molecular complexity index is 1780. The van der Waals surface area contributed by atoms with E-state index in [4.69, 9.17) is 32.8 Å². The van der Waals surface area contributed by atoms with E-state index in [1.807, 2.05) is 0 Å². The molecule has 0 aliphatic carbocycles. The summed E-state index contributed by atoms with van der Waals surface area (Å²) in [4.78, 5) is 73.5. The monoisotopic (exact) mass is 727 g/mol. The molecule has 0 saturated heterocycles. The van der Waals surface area contributed by atoms with Crippen molar-refractivity contribution in [2.75, 3.05) is 36.6 Å². The summed E-state index contributed by atoms with van der Waals surface area (Å²) in [5, 5.41) is 29.3. The number of carboxylic acids is 1. The van der Waals surface area contributed by atoms with Gasteiger partial charge in [-0.15, -0.1) is 0 Å². The summed E-state index contributed by atoms with van der Waals surface area (Å²) in [7, 11) is 1.34. The van der Waals surface area contributed by atoms with Gasteiger partial charge in [0.15, 0.2) is 0 Å². The fraction of sp³-hybridized carbons (Fsp3) is 0.294. The molecule has 0 unspecified atom stereocenters. The number of ether oxygens (including phenoxy) is 1. The Hall–Kier alpha value is -5.18. The summed E-state index contributed by atoms with van der Waals surface area (Å²) in [5.41, 5.74) is 1.99. The van der Waals surface area contributed by atoms with Crippen LogP contribution in [0, 0.1) is 13.8 Å². The lowest BCUT2D eigenvalue weighted by Gasteiger charge is -2.25. The molecule has 2 atom stereocenters. The molecule has 0 aromatic heterocycles. The largest absolute Gasteiger partial charge is 0.507 e. The smallest absolute Gasteiger partial charge is 0.305 e. The van der Waals surface area contributed by atoms with E-state index in [2.05, 4.69) is 15.8 Å². The fourth-order valence-corrected chi connectivity index (χ4v) is 5.74. The van der Waals surface area contributed by atoms with E-state index in [9.17, 15) is 34.2 Å². The van der Waals surface area contributed by atoms with Crippen LogP contribution in [0.4, 0.5) is 11.4 Å². The lowest BCUT2D eigenvalue weighted by molar-refractivity contribution is -0.137. The number of aromatic hydroxyl groups is 1. The van der Waals surface area contributed by atoms with Gasteiger partial charge in [-0.2, -0.15) is 0 Å². The first kappa shape index (κ1) is 37.6. The van der Waals surface area contributed by atoms with E-state index in [1.54, 1.807) is 50.2 Å². The number of aryl methyl sites for hydroxylation is 2. The van der Waals surface area contributed by atoms with E-state index in [-0.39, 0.29) is 42.4 Å². The van der Waals surface area contributed by atoms with Gasteiger partial charge in [-0.25, -0.2) is 0 Å². The van der Waals surface area contributed by atoms with Crippen LogP contribution in [0.5, 0.6) is 5.75 Å². The van der Waals surface area contributed by atoms with Crippen LogP contribution < -0.4 is 20.4 Å². The molecule has 3 aromatic rings. The quantitative estimate of drug-likeness (QED) is 0.151. The molecule has 1 aliphatic rings. The fourth-order valence-electron chi connectivity index (χ4n) is 5.24. The van der Waals surface area contributed by atoms with Crippen LogP contribution in [0.3, 0.4) is 0 Å². The second kappa shape index (κ2) is 17.0. The number of rotatable bonds is 13. The SMILES string of the molecule is COCC(=O)N1C[C@H](NC(=O)c2cc(C)c(O)c(C)c2)C(=O)N(CC(=O)N[C@H](/C=N/OCc2c(Cl)cccc2Cl)CC(=O)O)c2ccccc21. The maximum absolute atomic E-state index is 14.1. The second-order valence-corrected chi connectivity index (χ2v) is 12.1. The molecule has 3 aromatic carbocycles. The average molecular weight is 729 g/mol. The number of aliphatic carboxylic acids is 1. The number of halogens is 2. The van der Waals surface area contributed by atoms with Crippen molar-refractivity contribution in [3.63, 3.8) is 0 Å². The number of carbonyl (C=O) groups is 5. The highest BCUT2D eigenvalue weighted by Crippen LogP contribution is 2.33. The van der Waals surface area contributed by atoms with Crippen LogP contribution in [-0.2, 0) is 35.4 Å². The van der Waals surface area contributed by atoms with Crippen molar-refractivity contribution in [3.8, 4) is 5.75 Å². The lowest BCUT2D eigenvalue weighted by Crippen LogP contribution is -2.55. The molecule has 0 saturated carbocycles. The summed E-state index contributed by atoms with van der Waals surface area (Å²) >= 11 is 12.3. The number of nitrogens with zero attached hydrogens (tertiary/aromatic N) is 3. The highest BCUT2D eigenvalue weighted by atomic mass is 35.5. The van der Waals surface area contributed by atoms with Crippen LogP contribution in [-0.4, -0.2) is 84.9 Å². The van der Waals surface area contributed by atoms with E-state index in [0.717, 1.165) is 11.1 Å². The third-order valence-corrected chi connectivity index (χ3v) is 8.36. The van der Waals surface area contributed by atoms with Gasteiger partial charge in [-0.3, -0.25) is 28.9 Å². The number of phenols is 1. The standard InChI is InChI=1S/C34H35Cl2N5O9/c1-19-11-21(12-20(2)32(19)46)33(47)39-26-15-40(30(43)18-49-3)27-9-4-5-10-28(27)41(34(26)48)16-29(42)38-22(13-31(44)45)14-37-50-17-23-24(35)7-6-8-25(23)36/h4-12,14,22,26,46H,13,15-18H2,1-3H3,(H,38,42)(H,39,47)(H,44,45)/b37-14+/t22-,26-/m0/s1. The maximum Gasteiger partial charge on any atom is 0.305 e. The molecule has 0 bridgehead atoms. The predicted octanol–water partition coefficient (Wildman–Crippen LogP) is 3.60. The Morgan fingerprint density at radius 3 is 2.30 bits per heavy atom. The summed E-state index contributed by atoms with van der Waals surface area (Å²) < 4.78 is 5.06. The number of carbonyl (C=O) groups excluding carboxylic acids is 4. The maximum atomic E-state index is 14.1. The molecule has 14 nitrogen and oxygen atoms in total. The Kier molecular flexibility index (Phi) is 12.8. The summed E-state index contributed by atoms with van der Waals surface area (Å²) in [6, 6.07) is 11.7. The first-order valence-electron chi connectivity index (χ1n) is 15.2. The average Bonchev–Trinajstić information content (AvgIpc) is 3.17. The molecule has 1 aliphatic heterocycles. The number of carboxylic acid groups (broad SMARTS) is 1. The molecular weight excluding hydrogens is 693 g/mol. The van der Waals surface area contributed by atoms with Crippen LogP contribution >= 0.6 is 23.2 Å². The van der Waals surface area contributed by atoms with E-state index in [0.29, 0.717) is 26.7 Å². The minimum Gasteiger partial charge on any atom is -0.507 e. The van der Waals surface area contributed by atoms with Gasteiger partial charge in [0, 0.05) is 28.3 Å². The molecule has 4 rings (SSSR count). The normalized spacial score (nSPS) is 14.9. The number of amides is 4. The van der Waals surface area contributed by atoms with Gasteiger partial charge in [0.1, 0.15) is 31.5 Å². The molecule has 4 N–H and O–H groups in total. The third kappa shape index (κ3) is 9.28. The van der Waals surface area contributed by atoms with Crippen molar-refractivity contribution < 1.29 is 43.8 Å². The lowest BCUT2D eigenvalue weighted by atomic mass is 10.0. The van der Waals surface area contributed by atoms with Crippen LogP contribution in [0.1, 0.15) is 33.5 Å². The molecule has 4 amide bonds. The number of fused-ring (bicyclic) bond motifs is 1. The summed E-state index contributed by atoms with van der Waals surface area (Å²) in [6.07, 6.45) is 0.518. The highest BCUT2D eigenvalue weighted by molar-refractivity contribution is 6.36. The molecular formula is C34H35Cl2N5O9. The molecule has 16 heteroatoms. The predicted molar refractivity (Wildman–Crippen MR) is 186 cm³/mol. The zero-order valence-corrected chi connectivity index (χ0v) is 28.8. The zero-order valence-electron chi connectivity index (χ0n) is 27.3. The number of phenolic OH excluding ortho intramolecular Hbond substituents is 1. The van der Waals surface area contributed by atoms with Crippen molar-refractivity contribution in [2.45, 2.75) is 39.0 Å². The van der Waals surface area contributed by atoms with Crippen molar-refractivity contribution >= 4 is 70.4 Å². The molecule has 1 heterocycles. The van der Waals surface area contributed by atoms with Gasteiger partial charge >= 0.3 is 5.97 Å². The zero-order chi connectivity index (χ0) is 36.5. The highest BCUT2D eigenvalue weighted by Gasteiger charge is 2.38. The van der Waals surface area contributed by atoms with E-state index < -0.39 is 54.6 Å². The number of hydrogen-bond donors (Lipinski definition) is 4. The van der Waals surface area contributed by atoms with Crippen molar-refractivity contribution in [1.82, 2.24) is 10.6 Å². The van der Waals surface area contributed by atoms with E-state index in [1.165, 1.54) is 30.2 Å². The van der Waals surface area contributed by atoms with Crippen LogP contribution in [0.2, 0.25) is 10.0 Å². The van der Waals surface area contributed by atoms with Gasteiger partial charge in [-0.05, 0) is 61.4 Å². The molecule has 264 valence electrons. The second-order valence-electron chi connectivity index (χ2n) is 11.3. The number of hydrogen-bond acceptors (Lipinski definition) is 9. The molecule has 0 spiro atoms. The van der Waals surface area contributed by atoms with Crippen LogP contribution in [0.25, 0.3) is 0 Å².